The van der Waals surface area contributed by atoms with Gasteiger partial charge in [0.25, 0.3) is 0 Å². The van der Waals surface area contributed by atoms with E-state index in [2.05, 4.69) is 59.0 Å². The number of rotatable bonds is 3. The molecule has 2 heterocycles. The summed E-state index contributed by atoms with van der Waals surface area (Å²) in [6.07, 6.45) is 1.87. The number of anilines is 1. The number of piperazine rings is 1. The third-order valence-electron chi connectivity index (χ3n) is 4.03. The lowest BCUT2D eigenvalue weighted by Crippen LogP contribution is -2.46. The summed E-state index contributed by atoms with van der Waals surface area (Å²) in [5, 5.41) is 0. The highest BCUT2D eigenvalue weighted by molar-refractivity contribution is 5.38. The maximum Gasteiger partial charge on any atom is 0.128 e. The van der Waals surface area contributed by atoms with E-state index in [1.807, 2.05) is 12.3 Å². The van der Waals surface area contributed by atoms with Gasteiger partial charge in [-0.05, 0) is 31.5 Å². The maximum atomic E-state index is 4.44. The van der Waals surface area contributed by atoms with Gasteiger partial charge in [0.15, 0.2) is 0 Å². The Balaban J connectivity index is 1.58. The van der Waals surface area contributed by atoms with Crippen LogP contribution in [0.3, 0.4) is 0 Å². The van der Waals surface area contributed by atoms with Crippen molar-refractivity contribution < 1.29 is 0 Å². The predicted molar refractivity (Wildman–Crippen MR) is 87.6 cm³/mol. The Morgan fingerprint density at radius 1 is 0.952 bits per heavy atom. The third-order valence-corrected chi connectivity index (χ3v) is 4.03. The molecule has 0 aliphatic carbocycles. The zero-order chi connectivity index (χ0) is 14.7. The molecule has 21 heavy (non-hydrogen) atoms. The minimum atomic E-state index is 1.05. The van der Waals surface area contributed by atoms with Crippen molar-refractivity contribution in [3.63, 3.8) is 0 Å². The Bertz CT molecular complexity index is 566. The van der Waals surface area contributed by atoms with Gasteiger partial charge in [0.05, 0.1) is 0 Å². The van der Waals surface area contributed by atoms with E-state index < -0.39 is 0 Å². The van der Waals surface area contributed by atoms with Gasteiger partial charge in [-0.3, -0.25) is 4.90 Å². The fraction of sp³-hybridized carbons (Fsp3) is 0.389. The van der Waals surface area contributed by atoms with Crippen molar-refractivity contribution in [1.29, 1.82) is 0 Å². The van der Waals surface area contributed by atoms with Crippen molar-refractivity contribution in [2.75, 3.05) is 31.1 Å². The number of pyridine rings is 1. The van der Waals surface area contributed by atoms with Crippen LogP contribution in [0, 0.1) is 13.8 Å². The molecule has 110 valence electrons. The average molecular weight is 281 g/mol. The fourth-order valence-corrected chi connectivity index (χ4v) is 3.09. The molecular formula is C18H23N3. The summed E-state index contributed by atoms with van der Waals surface area (Å²) in [5.41, 5.74) is 4.15. The van der Waals surface area contributed by atoms with Crippen LogP contribution in [-0.2, 0) is 6.54 Å². The van der Waals surface area contributed by atoms with E-state index in [1.165, 1.54) is 16.7 Å². The van der Waals surface area contributed by atoms with E-state index in [9.17, 15) is 0 Å². The summed E-state index contributed by atoms with van der Waals surface area (Å²) < 4.78 is 0. The molecule has 2 aromatic rings. The molecule has 0 N–H and O–H groups in total. The van der Waals surface area contributed by atoms with E-state index in [0.29, 0.717) is 0 Å². The van der Waals surface area contributed by atoms with Crippen LogP contribution < -0.4 is 4.90 Å². The van der Waals surface area contributed by atoms with E-state index >= 15 is 0 Å². The second-order valence-electron chi connectivity index (χ2n) is 5.95. The number of nitrogens with zero attached hydrogens (tertiary/aromatic N) is 3. The van der Waals surface area contributed by atoms with Gasteiger partial charge < -0.3 is 4.90 Å². The summed E-state index contributed by atoms with van der Waals surface area (Å²) in [6, 6.07) is 13.0. The average Bonchev–Trinajstić information content (AvgIpc) is 2.48. The first-order chi connectivity index (χ1) is 10.2. The van der Waals surface area contributed by atoms with Crippen molar-refractivity contribution in [3.8, 4) is 0 Å². The molecule has 0 amide bonds. The predicted octanol–water partition coefficient (Wildman–Crippen LogP) is 3.02. The van der Waals surface area contributed by atoms with Gasteiger partial charge in [-0.15, -0.1) is 0 Å². The monoisotopic (exact) mass is 281 g/mol. The Morgan fingerprint density at radius 3 is 2.29 bits per heavy atom. The quantitative estimate of drug-likeness (QED) is 0.862. The van der Waals surface area contributed by atoms with Crippen LogP contribution in [0.15, 0.2) is 42.6 Å². The topological polar surface area (TPSA) is 19.4 Å². The Morgan fingerprint density at radius 2 is 1.67 bits per heavy atom. The molecule has 1 aromatic carbocycles. The Hall–Kier alpha value is -1.87. The first kappa shape index (κ1) is 14.1. The molecule has 1 aliphatic rings. The first-order valence-corrected chi connectivity index (χ1v) is 7.66. The van der Waals surface area contributed by atoms with Crippen LogP contribution in [0.5, 0.6) is 0 Å². The van der Waals surface area contributed by atoms with Gasteiger partial charge in [-0.1, -0.05) is 35.4 Å². The molecule has 0 bridgehead atoms. The second kappa shape index (κ2) is 6.27. The highest BCUT2D eigenvalue weighted by atomic mass is 15.3. The molecular weight excluding hydrogens is 258 g/mol. The van der Waals surface area contributed by atoms with Gasteiger partial charge in [0, 0.05) is 38.9 Å². The number of benzene rings is 1. The molecule has 1 saturated heterocycles. The van der Waals surface area contributed by atoms with Crippen molar-refractivity contribution in [3.05, 3.63) is 59.3 Å². The minimum absolute atomic E-state index is 1.05. The van der Waals surface area contributed by atoms with Gasteiger partial charge in [0.1, 0.15) is 5.82 Å². The molecule has 1 fully saturated rings. The molecule has 3 rings (SSSR count). The zero-order valence-electron chi connectivity index (χ0n) is 12.9. The maximum absolute atomic E-state index is 4.44. The summed E-state index contributed by atoms with van der Waals surface area (Å²) in [5.74, 6) is 1.10. The molecule has 0 radical (unpaired) electrons. The summed E-state index contributed by atoms with van der Waals surface area (Å²) >= 11 is 0. The lowest BCUT2D eigenvalue weighted by Gasteiger charge is -2.35. The molecule has 3 nitrogen and oxygen atoms in total. The van der Waals surface area contributed by atoms with Crippen molar-refractivity contribution in [2.45, 2.75) is 20.4 Å². The van der Waals surface area contributed by atoms with Gasteiger partial charge in [-0.25, -0.2) is 4.98 Å². The highest BCUT2D eigenvalue weighted by Gasteiger charge is 2.17. The van der Waals surface area contributed by atoms with Crippen LogP contribution in [-0.4, -0.2) is 36.1 Å². The van der Waals surface area contributed by atoms with E-state index in [4.69, 9.17) is 0 Å². The minimum Gasteiger partial charge on any atom is -0.354 e. The molecule has 0 saturated carbocycles. The number of aryl methyl sites for hydroxylation is 2. The van der Waals surface area contributed by atoms with Crippen LogP contribution in [0.25, 0.3) is 0 Å². The molecule has 0 atom stereocenters. The van der Waals surface area contributed by atoms with Crippen LogP contribution in [0.4, 0.5) is 5.82 Å². The number of aromatic nitrogens is 1. The fourth-order valence-electron chi connectivity index (χ4n) is 3.09. The largest absolute Gasteiger partial charge is 0.354 e. The molecule has 1 aliphatic heterocycles. The van der Waals surface area contributed by atoms with Crippen molar-refractivity contribution >= 4 is 5.82 Å². The first-order valence-electron chi connectivity index (χ1n) is 7.66. The van der Waals surface area contributed by atoms with E-state index in [-0.39, 0.29) is 0 Å². The van der Waals surface area contributed by atoms with E-state index in [0.717, 1.165) is 38.5 Å². The molecule has 3 heteroatoms. The molecule has 0 spiro atoms. The van der Waals surface area contributed by atoms with Crippen LogP contribution in [0.1, 0.15) is 16.7 Å². The second-order valence-corrected chi connectivity index (χ2v) is 5.95. The zero-order valence-corrected chi connectivity index (χ0v) is 12.9. The summed E-state index contributed by atoms with van der Waals surface area (Å²) in [7, 11) is 0. The van der Waals surface area contributed by atoms with Gasteiger partial charge >= 0.3 is 0 Å². The number of hydrogen-bond acceptors (Lipinski definition) is 3. The molecule has 0 unspecified atom stereocenters. The SMILES string of the molecule is Cc1cc(C)cc(CN2CCN(c3ccccn3)CC2)c1. The lowest BCUT2D eigenvalue weighted by atomic mass is 10.1. The smallest absolute Gasteiger partial charge is 0.128 e. The Kier molecular flexibility index (Phi) is 4.20. The van der Waals surface area contributed by atoms with Crippen LogP contribution in [0.2, 0.25) is 0 Å². The third kappa shape index (κ3) is 3.61. The molecule has 1 aromatic heterocycles. The lowest BCUT2D eigenvalue weighted by molar-refractivity contribution is 0.249. The number of hydrogen-bond donors (Lipinski definition) is 0. The van der Waals surface area contributed by atoms with E-state index in [1.54, 1.807) is 0 Å². The van der Waals surface area contributed by atoms with Gasteiger partial charge in [-0.2, -0.15) is 0 Å². The summed E-state index contributed by atoms with van der Waals surface area (Å²) in [6.45, 7) is 9.72. The van der Waals surface area contributed by atoms with Crippen LogP contribution >= 0.6 is 0 Å². The van der Waals surface area contributed by atoms with Gasteiger partial charge in [0.2, 0.25) is 0 Å². The normalized spacial score (nSPS) is 16.2. The summed E-state index contributed by atoms with van der Waals surface area (Å²) in [4.78, 5) is 9.35. The van der Waals surface area contributed by atoms with Crippen molar-refractivity contribution in [2.24, 2.45) is 0 Å². The van der Waals surface area contributed by atoms with Crippen molar-refractivity contribution in [1.82, 2.24) is 9.88 Å². The highest BCUT2D eigenvalue weighted by Crippen LogP contribution is 2.16. The Labute approximate surface area is 127 Å². The standard InChI is InChI=1S/C18H23N3/c1-15-11-16(2)13-17(12-15)14-20-7-9-21(10-8-20)18-5-3-4-6-19-18/h3-6,11-13H,7-10,14H2,1-2H3.